The van der Waals surface area contributed by atoms with Gasteiger partial charge in [0.25, 0.3) is 0 Å². The fraction of sp³-hybridized carbons (Fsp3) is 0.600. The molecule has 0 bridgehead atoms. The van der Waals surface area contributed by atoms with E-state index in [0.717, 1.165) is 37.3 Å². The molecule has 104 valence electrons. The molecule has 2 saturated heterocycles. The molecule has 0 amide bonds. The number of hydrogen-bond donors (Lipinski definition) is 1. The lowest BCUT2D eigenvalue weighted by Crippen LogP contribution is -2.40. The van der Waals surface area contributed by atoms with Crippen LogP contribution in [0.15, 0.2) is 22.7 Å². The minimum Gasteiger partial charge on any atom is -0.378 e. The van der Waals surface area contributed by atoms with Crippen molar-refractivity contribution >= 4 is 21.6 Å². The molecule has 1 unspecified atom stereocenters. The maximum absolute atomic E-state index is 5.47. The zero-order valence-electron chi connectivity index (χ0n) is 11.4. The van der Waals surface area contributed by atoms with Gasteiger partial charge in [-0.2, -0.15) is 0 Å². The van der Waals surface area contributed by atoms with E-state index in [0.29, 0.717) is 0 Å². The van der Waals surface area contributed by atoms with E-state index >= 15 is 0 Å². The Bertz CT molecular complexity index is 451. The summed E-state index contributed by atoms with van der Waals surface area (Å²) in [7, 11) is 0. The van der Waals surface area contributed by atoms with Gasteiger partial charge >= 0.3 is 0 Å². The smallest absolute Gasteiger partial charge is 0.0642 e. The number of benzene rings is 1. The van der Waals surface area contributed by atoms with Crippen LogP contribution in [0.1, 0.15) is 25.3 Å². The molecule has 2 aliphatic rings. The molecule has 0 aromatic heterocycles. The van der Waals surface area contributed by atoms with Crippen molar-refractivity contribution in [2.24, 2.45) is 0 Å². The third-order valence-electron chi connectivity index (χ3n) is 4.27. The molecule has 2 aliphatic heterocycles. The number of anilines is 1. The van der Waals surface area contributed by atoms with Crippen LogP contribution in [0, 0.1) is 0 Å². The average Bonchev–Trinajstić information content (AvgIpc) is 2.88. The summed E-state index contributed by atoms with van der Waals surface area (Å²) in [4.78, 5) is 2.45. The Morgan fingerprint density at radius 1 is 1.32 bits per heavy atom. The van der Waals surface area contributed by atoms with Crippen molar-refractivity contribution in [1.82, 2.24) is 5.32 Å². The van der Waals surface area contributed by atoms with Crippen molar-refractivity contribution in [2.75, 3.05) is 37.7 Å². The van der Waals surface area contributed by atoms with E-state index in [-0.39, 0.29) is 5.54 Å². The molecule has 0 aliphatic carbocycles. The number of nitrogens with one attached hydrogen (secondary N) is 1. The first-order valence-electron chi connectivity index (χ1n) is 7.07. The van der Waals surface area contributed by atoms with Gasteiger partial charge in [-0.3, -0.25) is 0 Å². The molecular formula is C15H21BrN2O. The van der Waals surface area contributed by atoms with Gasteiger partial charge in [0.15, 0.2) is 0 Å². The second-order valence-electron chi connectivity index (χ2n) is 5.62. The average molecular weight is 325 g/mol. The zero-order valence-corrected chi connectivity index (χ0v) is 13.0. The van der Waals surface area contributed by atoms with E-state index in [9.17, 15) is 0 Å². The predicted octanol–water partition coefficient (Wildman–Crippen LogP) is 2.88. The monoisotopic (exact) mass is 324 g/mol. The Kier molecular flexibility index (Phi) is 3.83. The number of rotatable bonds is 2. The van der Waals surface area contributed by atoms with E-state index in [2.05, 4.69) is 51.3 Å². The first kappa shape index (κ1) is 13.4. The highest BCUT2D eigenvalue weighted by Gasteiger charge is 2.33. The summed E-state index contributed by atoms with van der Waals surface area (Å²) in [6.07, 6.45) is 2.46. The largest absolute Gasteiger partial charge is 0.378 e. The lowest BCUT2D eigenvalue weighted by Gasteiger charge is -2.35. The number of hydrogen-bond acceptors (Lipinski definition) is 3. The van der Waals surface area contributed by atoms with Crippen LogP contribution >= 0.6 is 15.9 Å². The van der Waals surface area contributed by atoms with Gasteiger partial charge in [0, 0.05) is 28.8 Å². The molecule has 3 rings (SSSR count). The molecule has 1 atom stereocenters. The Balaban J connectivity index is 1.98. The number of morpholine rings is 1. The van der Waals surface area contributed by atoms with Gasteiger partial charge in [-0.1, -0.05) is 15.9 Å². The van der Waals surface area contributed by atoms with Crippen LogP contribution in [0.25, 0.3) is 0 Å². The van der Waals surface area contributed by atoms with Crippen molar-refractivity contribution in [3.05, 3.63) is 28.2 Å². The molecule has 0 radical (unpaired) electrons. The molecule has 2 heterocycles. The normalized spacial score (nSPS) is 27.8. The fourth-order valence-corrected chi connectivity index (χ4v) is 3.52. The summed E-state index contributed by atoms with van der Waals surface area (Å²) in [6.45, 7) is 7.09. The number of halogens is 1. The molecule has 1 N–H and O–H groups in total. The van der Waals surface area contributed by atoms with E-state index in [1.54, 1.807) is 0 Å². The van der Waals surface area contributed by atoms with Crippen LogP contribution in [0.4, 0.5) is 5.69 Å². The summed E-state index contributed by atoms with van der Waals surface area (Å²) in [6, 6.07) is 6.67. The highest BCUT2D eigenvalue weighted by Crippen LogP contribution is 2.38. The quantitative estimate of drug-likeness (QED) is 0.905. The maximum atomic E-state index is 5.47. The highest BCUT2D eigenvalue weighted by atomic mass is 79.9. The highest BCUT2D eigenvalue weighted by molar-refractivity contribution is 9.10. The molecule has 1 aromatic carbocycles. The standard InChI is InChI=1S/C15H21BrN2O/c1-15(5-2-6-17-15)13-11-12(16)3-4-14(13)18-7-9-19-10-8-18/h3-4,11,17H,2,5-10H2,1H3. The Labute approximate surface area is 123 Å². The van der Waals surface area contributed by atoms with E-state index in [1.165, 1.54) is 24.1 Å². The summed E-state index contributed by atoms with van der Waals surface area (Å²) >= 11 is 3.62. The first-order valence-corrected chi connectivity index (χ1v) is 7.86. The molecule has 1 aromatic rings. The molecule has 0 saturated carbocycles. The minimum absolute atomic E-state index is 0.109. The Hall–Kier alpha value is -0.580. The van der Waals surface area contributed by atoms with Crippen molar-refractivity contribution in [3.8, 4) is 0 Å². The summed E-state index contributed by atoms with van der Waals surface area (Å²) in [5.74, 6) is 0. The van der Waals surface area contributed by atoms with Gasteiger partial charge in [0.2, 0.25) is 0 Å². The van der Waals surface area contributed by atoms with Crippen LogP contribution in [-0.4, -0.2) is 32.8 Å². The van der Waals surface area contributed by atoms with Crippen molar-refractivity contribution in [2.45, 2.75) is 25.3 Å². The van der Waals surface area contributed by atoms with Gasteiger partial charge < -0.3 is 15.0 Å². The van der Waals surface area contributed by atoms with E-state index in [4.69, 9.17) is 4.74 Å². The van der Waals surface area contributed by atoms with Crippen LogP contribution in [-0.2, 0) is 10.3 Å². The lowest BCUT2D eigenvalue weighted by molar-refractivity contribution is 0.122. The lowest BCUT2D eigenvalue weighted by atomic mass is 9.88. The fourth-order valence-electron chi connectivity index (χ4n) is 3.15. The van der Waals surface area contributed by atoms with Crippen LogP contribution in [0.3, 0.4) is 0 Å². The third-order valence-corrected chi connectivity index (χ3v) is 4.77. The van der Waals surface area contributed by atoms with Gasteiger partial charge in [-0.15, -0.1) is 0 Å². The first-order chi connectivity index (χ1) is 9.19. The van der Waals surface area contributed by atoms with E-state index in [1.807, 2.05) is 0 Å². The van der Waals surface area contributed by atoms with Crippen molar-refractivity contribution in [1.29, 1.82) is 0 Å². The molecule has 4 heteroatoms. The van der Waals surface area contributed by atoms with Crippen molar-refractivity contribution < 1.29 is 4.74 Å². The molecule has 2 fully saturated rings. The van der Waals surface area contributed by atoms with Crippen molar-refractivity contribution in [3.63, 3.8) is 0 Å². The van der Waals surface area contributed by atoms with Crippen LogP contribution in [0.5, 0.6) is 0 Å². The molecule has 19 heavy (non-hydrogen) atoms. The van der Waals surface area contributed by atoms with E-state index < -0.39 is 0 Å². The minimum atomic E-state index is 0.109. The number of nitrogens with zero attached hydrogens (tertiary/aromatic N) is 1. The topological polar surface area (TPSA) is 24.5 Å². The summed E-state index contributed by atoms with van der Waals surface area (Å²) < 4.78 is 6.63. The van der Waals surface area contributed by atoms with Gasteiger partial charge in [0.05, 0.1) is 13.2 Å². The molecule has 3 nitrogen and oxygen atoms in total. The second kappa shape index (κ2) is 5.43. The third kappa shape index (κ3) is 2.67. The molecular weight excluding hydrogens is 304 g/mol. The Morgan fingerprint density at radius 3 is 2.79 bits per heavy atom. The van der Waals surface area contributed by atoms with Gasteiger partial charge in [0.1, 0.15) is 0 Å². The maximum Gasteiger partial charge on any atom is 0.0642 e. The molecule has 0 spiro atoms. The summed E-state index contributed by atoms with van der Waals surface area (Å²) in [5.41, 5.74) is 2.89. The second-order valence-corrected chi connectivity index (χ2v) is 6.54. The summed E-state index contributed by atoms with van der Waals surface area (Å²) in [5, 5.41) is 3.68. The van der Waals surface area contributed by atoms with Crippen LogP contribution < -0.4 is 10.2 Å². The van der Waals surface area contributed by atoms with Gasteiger partial charge in [-0.25, -0.2) is 0 Å². The van der Waals surface area contributed by atoms with Crippen LogP contribution in [0.2, 0.25) is 0 Å². The zero-order chi connectivity index (χ0) is 13.3. The SMILES string of the molecule is CC1(c2cc(Br)ccc2N2CCOCC2)CCCN1. The number of ether oxygens (including phenoxy) is 1. The predicted molar refractivity (Wildman–Crippen MR) is 81.8 cm³/mol. The van der Waals surface area contributed by atoms with Gasteiger partial charge in [-0.05, 0) is 50.1 Å². The Morgan fingerprint density at radius 2 is 2.11 bits per heavy atom.